The summed E-state index contributed by atoms with van der Waals surface area (Å²) in [5.41, 5.74) is -0.239. The summed E-state index contributed by atoms with van der Waals surface area (Å²) in [6, 6.07) is 7.11. The smallest absolute Gasteiger partial charge is 0.287 e. The first-order chi connectivity index (χ1) is 10.5. The molecule has 0 amide bonds. The zero-order valence-corrected chi connectivity index (χ0v) is 13.2. The average molecular weight is 352 g/mol. The molecule has 4 rings (SSSR count). The molecular formula is C15H6F2O2S3. The molecule has 3 heterocycles. The van der Waals surface area contributed by atoms with E-state index >= 15 is 0 Å². The Hall–Kier alpha value is -1.70. The molecule has 110 valence electrons. The number of hydrogen-bond donors (Lipinski definition) is 0. The summed E-state index contributed by atoms with van der Waals surface area (Å²) in [5.74, 6) is -6.71. The van der Waals surface area contributed by atoms with Crippen LogP contribution in [0, 0.1) is 0 Å². The minimum Gasteiger partial charge on any atom is -0.287 e. The van der Waals surface area contributed by atoms with Gasteiger partial charge in [0.05, 0.1) is 20.9 Å². The number of carbonyl (C=O) groups is 2. The summed E-state index contributed by atoms with van der Waals surface area (Å²) in [5, 5.41) is 3.62. The molecule has 0 N–H and O–H groups in total. The maximum Gasteiger partial charge on any atom is 0.371 e. The predicted molar refractivity (Wildman–Crippen MR) is 84.6 cm³/mol. The molecule has 3 aromatic heterocycles. The minimum absolute atomic E-state index is 0.120. The van der Waals surface area contributed by atoms with Crippen molar-refractivity contribution in [3.8, 4) is 19.5 Å². The Labute approximate surface area is 135 Å². The van der Waals surface area contributed by atoms with Gasteiger partial charge in [-0.15, -0.1) is 34.0 Å². The molecule has 22 heavy (non-hydrogen) atoms. The van der Waals surface area contributed by atoms with Crippen molar-refractivity contribution >= 4 is 45.6 Å². The van der Waals surface area contributed by atoms with Crippen LogP contribution in [0.2, 0.25) is 0 Å². The van der Waals surface area contributed by atoms with Crippen LogP contribution in [0.5, 0.6) is 0 Å². The fourth-order valence-electron chi connectivity index (χ4n) is 2.44. The maximum atomic E-state index is 13.9. The number of fused-ring (bicyclic) bond motifs is 1. The number of carbonyl (C=O) groups excluding carboxylic acids is 2. The van der Waals surface area contributed by atoms with Gasteiger partial charge in [0.25, 0.3) is 0 Å². The first-order valence-corrected chi connectivity index (χ1v) is 8.81. The van der Waals surface area contributed by atoms with Crippen molar-refractivity contribution in [2.24, 2.45) is 0 Å². The van der Waals surface area contributed by atoms with Crippen molar-refractivity contribution in [2.45, 2.75) is 5.92 Å². The quantitative estimate of drug-likeness (QED) is 0.593. The van der Waals surface area contributed by atoms with E-state index in [-0.39, 0.29) is 11.1 Å². The van der Waals surface area contributed by atoms with E-state index in [4.69, 9.17) is 0 Å². The highest BCUT2D eigenvalue weighted by molar-refractivity contribution is 7.26. The van der Waals surface area contributed by atoms with Crippen LogP contribution in [0.25, 0.3) is 19.5 Å². The zero-order chi connectivity index (χ0) is 15.5. The number of rotatable bonds is 2. The van der Waals surface area contributed by atoms with Crippen LogP contribution in [0.3, 0.4) is 0 Å². The summed E-state index contributed by atoms with van der Waals surface area (Å²) in [7, 11) is 0. The van der Waals surface area contributed by atoms with Crippen molar-refractivity contribution in [3.05, 3.63) is 46.2 Å². The fraction of sp³-hybridized carbons (Fsp3) is 0.0667. The number of ketones is 2. The molecule has 1 aliphatic rings. The van der Waals surface area contributed by atoms with E-state index < -0.39 is 17.5 Å². The first-order valence-electron chi connectivity index (χ1n) is 6.23. The second-order valence-electron chi connectivity index (χ2n) is 4.70. The third-order valence-electron chi connectivity index (χ3n) is 3.42. The lowest BCUT2D eigenvalue weighted by molar-refractivity contribution is 0.0189. The molecule has 2 nitrogen and oxygen atoms in total. The van der Waals surface area contributed by atoms with Crippen LogP contribution < -0.4 is 0 Å². The first kappa shape index (κ1) is 13.9. The van der Waals surface area contributed by atoms with Gasteiger partial charge in [-0.05, 0) is 22.9 Å². The molecule has 0 radical (unpaired) electrons. The molecule has 0 saturated heterocycles. The fourth-order valence-corrected chi connectivity index (χ4v) is 5.46. The molecule has 0 fully saturated rings. The largest absolute Gasteiger partial charge is 0.371 e. The molecular weight excluding hydrogens is 346 g/mol. The standard InChI is InChI=1S/C15H6F2O2S3/c16-15(17)13(18)9-10(14(15)19)12(8-4-2-6-21-8)22-11(9)7-3-1-5-20-7/h1-6H. The van der Waals surface area contributed by atoms with Crippen LogP contribution in [0.4, 0.5) is 8.78 Å². The Morgan fingerprint density at radius 3 is 1.64 bits per heavy atom. The van der Waals surface area contributed by atoms with Gasteiger partial charge in [-0.3, -0.25) is 9.59 Å². The van der Waals surface area contributed by atoms with E-state index in [9.17, 15) is 18.4 Å². The molecule has 0 aromatic carbocycles. The second-order valence-corrected chi connectivity index (χ2v) is 7.61. The molecule has 3 aromatic rings. The number of hydrogen-bond acceptors (Lipinski definition) is 5. The monoisotopic (exact) mass is 352 g/mol. The SMILES string of the molecule is O=C1c2c(-c3cccs3)sc(-c3cccs3)c2C(=O)C1(F)F. The summed E-state index contributed by atoms with van der Waals surface area (Å²) < 4.78 is 27.8. The van der Waals surface area contributed by atoms with E-state index in [1.807, 2.05) is 10.8 Å². The van der Waals surface area contributed by atoms with Crippen LogP contribution >= 0.6 is 34.0 Å². The van der Waals surface area contributed by atoms with Gasteiger partial charge < -0.3 is 0 Å². The Bertz CT molecular complexity index is 819. The highest BCUT2D eigenvalue weighted by atomic mass is 32.1. The average Bonchev–Trinajstić information content (AvgIpc) is 3.23. The summed E-state index contributed by atoms with van der Waals surface area (Å²) in [6.07, 6.45) is 0. The minimum atomic E-state index is -3.95. The van der Waals surface area contributed by atoms with Gasteiger partial charge in [-0.1, -0.05) is 12.1 Å². The molecule has 0 aliphatic heterocycles. The predicted octanol–water partition coefficient (Wildman–Crippen LogP) is 5.22. The molecule has 0 saturated carbocycles. The lowest BCUT2D eigenvalue weighted by atomic mass is 10.1. The highest BCUT2D eigenvalue weighted by Gasteiger charge is 2.58. The van der Waals surface area contributed by atoms with Crippen molar-refractivity contribution in [3.63, 3.8) is 0 Å². The van der Waals surface area contributed by atoms with Crippen LogP contribution in [0.1, 0.15) is 20.7 Å². The van der Waals surface area contributed by atoms with Crippen LogP contribution in [-0.4, -0.2) is 17.5 Å². The van der Waals surface area contributed by atoms with E-state index in [1.165, 1.54) is 34.0 Å². The van der Waals surface area contributed by atoms with Gasteiger partial charge in [-0.25, -0.2) is 0 Å². The van der Waals surface area contributed by atoms with Crippen molar-refractivity contribution in [1.29, 1.82) is 0 Å². The van der Waals surface area contributed by atoms with E-state index in [0.29, 0.717) is 9.75 Å². The molecule has 0 bridgehead atoms. The Kier molecular flexibility index (Phi) is 2.94. The van der Waals surface area contributed by atoms with Gasteiger partial charge in [0, 0.05) is 9.75 Å². The van der Waals surface area contributed by atoms with Crippen molar-refractivity contribution in [2.75, 3.05) is 0 Å². The highest BCUT2D eigenvalue weighted by Crippen LogP contribution is 2.51. The normalized spacial score (nSPS) is 16.3. The Morgan fingerprint density at radius 2 is 1.27 bits per heavy atom. The van der Waals surface area contributed by atoms with Gasteiger partial charge in [0.1, 0.15) is 0 Å². The summed E-state index contributed by atoms with van der Waals surface area (Å²) >= 11 is 3.95. The topological polar surface area (TPSA) is 34.1 Å². The van der Waals surface area contributed by atoms with Gasteiger partial charge >= 0.3 is 5.92 Å². The Balaban J connectivity index is 2.06. The molecule has 7 heteroatoms. The van der Waals surface area contributed by atoms with Gasteiger partial charge in [-0.2, -0.15) is 8.78 Å². The van der Waals surface area contributed by atoms with Crippen LogP contribution in [0.15, 0.2) is 35.0 Å². The summed E-state index contributed by atoms with van der Waals surface area (Å²) in [6.45, 7) is 0. The Morgan fingerprint density at radius 1 is 0.818 bits per heavy atom. The molecule has 1 aliphatic carbocycles. The molecule has 0 unspecified atom stereocenters. The third kappa shape index (κ3) is 1.73. The van der Waals surface area contributed by atoms with Crippen LogP contribution in [-0.2, 0) is 0 Å². The van der Waals surface area contributed by atoms with Gasteiger partial charge in [0.15, 0.2) is 0 Å². The van der Waals surface area contributed by atoms with E-state index in [2.05, 4.69) is 0 Å². The lowest BCUT2D eigenvalue weighted by Crippen LogP contribution is -2.30. The van der Waals surface area contributed by atoms with Gasteiger partial charge in [0.2, 0.25) is 11.6 Å². The summed E-state index contributed by atoms with van der Waals surface area (Å²) in [4.78, 5) is 26.5. The maximum absolute atomic E-state index is 13.9. The number of thiophene rings is 3. The number of Topliss-reactive ketones (excluding diaryl/α,β-unsaturated/α-hetero) is 2. The molecule has 0 atom stereocenters. The van der Waals surface area contributed by atoms with E-state index in [0.717, 1.165) is 9.75 Å². The molecule has 0 spiro atoms. The number of alkyl halides is 2. The third-order valence-corrected chi connectivity index (χ3v) is 6.71. The second kappa shape index (κ2) is 4.65. The zero-order valence-electron chi connectivity index (χ0n) is 10.8. The van der Waals surface area contributed by atoms with E-state index in [1.54, 1.807) is 24.3 Å². The lowest BCUT2D eigenvalue weighted by Gasteiger charge is -2.05. The number of halogens is 2. The van der Waals surface area contributed by atoms with Crippen molar-refractivity contribution in [1.82, 2.24) is 0 Å². The van der Waals surface area contributed by atoms with Crippen molar-refractivity contribution < 1.29 is 18.4 Å².